The first-order valence-corrected chi connectivity index (χ1v) is 6.63. The highest BCUT2D eigenvalue weighted by atomic mass is 16.3. The van der Waals surface area contributed by atoms with Gasteiger partial charge in [-0.2, -0.15) is 0 Å². The third-order valence-corrected chi connectivity index (χ3v) is 3.76. The molecule has 1 aromatic heterocycles. The van der Waals surface area contributed by atoms with Gasteiger partial charge in [0.2, 0.25) is 0 Å². The van der Waals surface area contributed by atoms with Crippen molar-refractivity contribution in [2.24, 2.45) is 0 Å². The van der Waals surface area contributed by atoms with E-state index in [0.717, 1.165) is 17.9 Å². The van der Waals surface area contributed by atoms with Gasteiger partial charge in [0.05, 0.1) is 6.10 Å². The fourth-order valence-corrected chi connectivity index (χ4v) is 2.53. The molecule has 2 rings (SSSR count). The summed E-state index contributed by atoms with van der Waals surface area (Å²) >= 11 is 0. The quantitative estimate of drug-likeness (QED) is 0.884. The van der Waals surface area contributed by atoms with Crippen molar-refractivity contribution < 1.29 is 5.11 Å². The van der Waals surface area contributed by atoms with Crippen LogP contribution in [0.2, 0.25) is 0 Å². The Bertz CT molecular complexity index is 394. The molecule has 100 valence electrons. The molecule has 1 aliphatic rings. The molecule has 1 N–H and O–H groups in total. The van der Waals surface area contributed by atoms with Gasteiger partial charge in [-0.3, -0.25) is 0 Å². The van der Waals surface area contributed by atoms with Crippen molar-refractivity contribution in [3.63, 3.8) is 0 Å². The molecule has 0 saturated carbocycles. The molecule has 1 unspecified atom stereocenters. The van der Waals surface area contributed by atoms with Crippen LogP contribution in [0.4, 0.5) is 5.82 Å². The van der Waals surface area contributed by atoms with Crippen molar-refractivity contribution in [2.45, 2.75) is 31.9 Å². The van der Waals surface area contributed by atoms with Crippen LogP contribution in [0.3, 0.4) is 0 Å². The van der Waals surface area contributed by atoms with Crippen LogP contribution >= 0.6 is 0 Å². The zero-order chi connectivity index (χ0) is 13.1. The summed E-state index contributed by atoms with van der Waals surface area (Å²) in [5, 5.41) is 9.63. The second-order valence-corrected chi connectivity index (χ2v) is 5.29. The zero-order valence-electron chi connectivity index (χ0n) is 11.5. The highest BCUT2D eigenvalue weighted by molar-refractivity contribution is 5.42. The molecular formula is C14H23N3O. The molecular weight excluding hydrogens is 226 g/mol. The summed E-state index contributed by atoms with van der Waals surface area (Å²) in [5.74, 6) is 0.953. The van der Waals surface area contributed by atoms with E-state index in [9.17, 15) is 5.11 Å². The van der Waals surface area contributed by atoms with Crippen LogP contribution in [-0.4, -0.2) is 48.2 Å². The molecule has 4 nitrogen and oxygen atoms in total. The number of nitrogens with zero attached hydrogens (tertiary/aromatic N) is 3. The van der Waals surface area contributed by atoms with Gasteiger partial charge >= 0.3 is 0 Å². The lowest BCUT2D eigenvalue weighted by Gasteiger charge is -2.36. The second-order valence-electron chi connectivity index (χ2n) is 5.29. The SMILES string of the molecule is C[C@H](O)c1ccnc(N(C)C2CCCN(C)C2)c1. The van der Waals surface area contributed by atoms with Gasteiger partial charge in [0.15, 0.2) is 0 Å². The van der Waals surface area contributed by atoms with Crippen molar-refractivity contribution in [3.05, 3.63) is 23.9 Å². The zero-order valence-corrected chi connectivity index (χ0v) is 11.5. The minimum absolute atomic E-state index is 0.436. The van der Waals surface area contributed by atoms with Gasteiger partial charge in [0.1, 0.15) is 5.82 Å². The van der Waals surface area contributed by atoms with Gasteiger partial charge in [-0.05, 0) is 51.1 Å². The minimum Gasteiger partial charge on any atom is -0.389 e. The number of aromatic nitrogens is 1. The number of hydrogen-bond donors (Lipinski definition) is 1. The fraction of sp³-hybridized carbons (Fsp3) is 0.643. The molecule has 1 saturated heterocycles. The lowest BCUT2D eigenvalue weighted by atomic mass is 10.0. The van der Waals surface area contributed by atoms with Gasteiger partial charge in [-0.15, -0.1) is 0 Å². The van der Waals surface area contributed by atoms with E-state index in [1.807, 2.05) is 12.1 Å². The molecule has 0 spiro atoms. The van der Waals surface area contributed by atoms with Gasteiger partial charge in [0.25, 0.3) is 0 Å². The van der Waals surface area contributed by atoms with Gasteiger partial charge < -0.3 is 14.9 Å². The van der Waals surface area contributed by atoms with E-state index in [0.29, 0.717) is 6.04 Å². The van der Waals surface area contributed by atoms with Crippen molar-refractivity contribution >= 4 is 5.82 Å². The smallest absolute Gasteiger partial charge is 0.128 e. The lowest BCUT2D eigenvalue weighted by molar-refractivity contribution is 0.199. The van der Waals surface area contributed by atoms with Crippen LogP contribution in [0, 0.1) is 0 Å². The molecule has 2 atom stereocenters. The molecule has 0 aromatic carbocycles. The van der Waals surface area contributed by atoms with Crippen LogP contribution < -0.4 is 4.90 Å². The van der Waals surface area contributed by atoms with E-state index in [1.54, 1.807) is 13.1 Å². The van der Waals surface area contributed by atoms with Crippen LogP contribution in [0.25, 0.3) is 0 Å². The molecule has 1 aromatic rings. The van der Waals surface area contributed by atoms with Crippen LogP contribution in [-0.2, 0) is 0 Å². The van der Waals surface area contributed by atoms with Gasteiger partial charge in [-0.1, -0.05) is 0 Å². The first-order chi connectivity index (χ1) is 8.58. The Balaban J connectivity index is 2.12. The predicted molar refractivity (Wildman–Crippen MR) is 73.8 cm³/mol. The number of aliphatic hydroxyl groups excluding tert-OH is 1. The summed E-state index contributed by atoms with van der Waals surface area (Å²) in [7, 11) is 4.26. The molecule has 1 fully saturated rings. The van der Waals surface area contributed by atoms with Crippen molar-refractivity contribution in [1.82, 2.24) is 9.88 Å². The van der Waals surface area contributed by atoms with E-state index < -0.39 is 6.10 Å². The second kappa shape index (κ2) is 5.67. The van der Waals surface area contributed by atoms with E-state index in [-0.39, 0.29) is 0 Å². The predicted octanol–water partition coefficient (Wildman–Crippen LogP) is 1.67. The molecule has 0 radical (unpaired) electrons. The topological polar surface area (TPSA) is 39.6 Å². The van der Waals surface area contributed by atoms with E-state index in [2.05, 4.69) is 28.9 Å². The molecule has 4 heteroatoms. The Morgan fingerprint density at radius 2 is 2.33 bits per heavy atom. The minimum atomic E-state index is -0.436. The fourth-order valence-electron chi connectivity index (χ4n) is 2.53. The lowest BCUT2D eigenvalue weighted by Crippen LogP contribution is -2.45. The summed E-state index contributed by atoms with van der Waals surface area (Å²) in [4.78, 5) is 9.02. The van der Waals surface area contributed by atoms with E-state index in [4.69, 9.17) is 0 Å². The van der Waals surface area contributed by atoms with Crippen LogP contribution in [0.1, 0.15) is 31.4 Å². The Hall–Kier alpha value is -1.13. The third kappa shape index (κ3) is 3.00. The monoisotopic (exact) mass is 249 g/mol. The summed E-state index contributed by atoms with van der Waals surface area (Å²) in [6.07, 6.45) is 3.79. The van der Waals surface area contributed by atoms with Crippen molar-refractivity contribution in [1.29, 1.82) is 0 Å². The summed E-state index contributed by atoms with van der Waals surface area (Å²) < 4.78 is 0. The van der Waals surface area contributed by atoms with Crippen molar-refractivity contribution in [2.75, 3.05) is 32.1 Å². The Kier molecular flexibility index (Phi) is 4.19. The number of pyridine rings is 1. The normalized spacial score (nSPS) is 22.8. The number of likely N-dealkylation sites (tertiary alicyclic amines) is 1. The molecule has 0 amide bonds. The Labute approximate surface area is 109 Å². The highest BCUT2D eigenvalue weighted by Crippen LogP contribution is 2.22. The standard InChI is InChI=1S/C14H23N3O/c1-11(18)12-6-7-15-14(9-12)17(3)13-5-4-8-16(2)10-13/h6-7,9,11,13,18H,4-5,8,10H2,1-3H3/t11-,13?/m0/s1. The maximum atomic E-state index is 9.63. The number of likely N-dealkylation sites (N-methyl/N-ethyl adjacent to an activating group) is 2. The van der Waals surface area contributed by atoms with Crippen LogP contribution in [0.15, 0.2) is 18.3 Å². The molecule has 0 aliphatic carbocycles. The van der Waals surface area contributed by atoms with Crippen LogP contribution in [0.5, 0.6) is 0 Å². The average Bonchev–Trinajstić information content (AvgIpc) is 2.38. The number of aliphatic hydroxyl groups is 1. The van der Waals surface area contributed by atoms with E-state index in [1.165, 1.54) is 19.4 Å². The largest absolute Gasteiger partial charge is 0.389 e. The van der Waals surface area contributed by atoms with Crippen molar-refractivity contribution in [3.8, 4) is 0 Å². The van der Waals surface area contributed by atoms with Gasteiger partial charge in [-0.25, -0.2) is 4.98 Å². The number of hydrogen-bond acceptors (Lipinski definition) is 4. The summed E-state index contributed by atoms with van der Waals surface area (Å²) in [6.45, 7) is 4.05. The van der Waals surface area contributed by atoms with E-state index >= 15 is 0 Å². The molecule has 0 bridgehead atoms. The highest BCUT2D eigenvalue weighted by Gasteiger charge is 2.22. The Morgan fingerprint density at radius 3 is 3.00 bits per heavy atom. The third-order valence-electron chi connectivity index (χ3n) is 3.76. The maximum absolute atomic E-state index is 9.63. The Morgan fingerprint density at radius 1 is 1.56 bits per heavy atom. The maximum Gasteiger partial charge on any atom is 0.128 e. The molecule has 2 heterocycles. The summed E-state index contributed by atoms with van der Waals surface area (Å²) in [6, 6.07) is 4.37. The number of piperidine rings is 1. The van der Waals surface area contributed by atoms with Gasteiger partial charge in [0, 0.05) is 25.8 Å². The molecule has 18 heavy (non-hydrogen) atoms. The first kappa shape index (κ1) is 13.3. The first-order valence-electron chi connectivity index (χ1n) is 6.63. The number of rotatable bonds is 3. The average molecular weight is 249 g/mol. The molecule has 1 aliphatic heterocycles. The summed E-state index contributed by atoms with van der Waals surface area (Å²) in [5.41, 5.74) is 0.927. The number of anilines is 1.